The molecule has 2 unspecified atom stereocenters. The van der Waals surface area contributed by atoms with Crippen molar-refractivity contribution in [3.63, 3.8) is 0 Å². The number of benzene rings is 1. The van der Waals surface area contributed by atoms with Crippen LogP contribution in [0.3, 0.4) is 0 Å². The number of amides is 1. The molecule has 2 fully saturated rings. The molecule has 3 nitrogen and oxygen atoms in total. The van der Waals surface area contributed by atoms with Gasteiger partial charge in [-0.2, -0.15) is 0 Å². The highest BCUT2D eigenvalue weighted by molar-refractivity contribution is 14.1. The Balaban J connectivity index is 1.66. The van der Waals surface area contributed by atoms with Gasteiger partial charge in [0.2, 0.25) is 0 Å². The Morgan fingerprint density at radius 1 is 1.32 bits per heavy atom. The van der Waals surface area contributed by atoms with Gasteiger partial charge in [-0.05, 0) is 66.5 Å². The first-order valence-corrected chi connectivity index (χ1v) is 8.09. The number of fused-ring (bicyclic) bond motifs is 2. The van der Waals surface area contributed by atoms with Crippen LogP contribution in [-0.2, 0) is 0 Å². The third-order valence-corrected chi connectivity index (χ3v) is 5.53. The van der Waals surface area contributed by atoms with Crippen LogP contribution < -0.4 is 10.6 Å². The maximum Gasteiger partial charge on any atom is 0.251 e. The normalized spacial score (nSPS) is 29.3. The number of nitrogens with one attached hydrogen (secondary N) is 2. The molecule has 1 aromatic carbocycles. The average molecular weight is 391 g/mol. The Kier molecular flexibility index (Phi) is 4.01. The zero-order chi connectivity index (χ0) is 13.4. The molecule has 0 saturated carbocycles. The molecule has 2 saturated heterocycles. The maximum absolute atomic E-state index is 12.2. The molecule has 1 aromatic rings. The minimum Gasteiger partial charge on any atom is -0.349 e. The minimum absolute atomic E-state index is 0.0147. The van der Waals surface area contributed by atoms with Crippen LogP contribution in [0.25, 0.3) is 0 Å². The third kappa shape index (κ3) is 3.06. The number of halogens is 2. The van der Waals surface area contributed by atoms with E-state index in [4.69, 9.17) is 11.6 Å². The number of piperidine rings is 1. The molecule has 2 aliphatic heterocycles. The van der Waals surface area contributed by atoms with Gasteiger partial charge in [0.1, 0.15) is 0 Å². The molecule has 3 rings (SSSR count). The first-order chi connectivity index (χ1) is 9.11. The fourth-order valence-electron chi connectivity index (χ4n) is 3.08. The summed E-state index contributed by atoms with van der Waals surface area (Å²) in [6.45, 7) is 0. The van der Waals surface area contributed by atoms with E-state index in [9.17, 15) is 4.79 Å². The van der Waals surface area contributed by atoms with Crippen molar-refractivity contribution in [1.82, 2.24) is 10.6 Å². The zero-order valence-electron chi connectivity index (χ0n) is 10.5. The van der Waals surface area contributed by atoms with Gasteiger partial charge in [-0.3, -0.25) is 4.79 Å². The molecular weight excluding hydrogens is 375 g/mol. The fourth-order valence-corrected chi connectivity index (χ4v) is 3.71. The van der Waals surface area contributed by atoms with Crippen LogP contribution in [0.1, 0.15) is 36.0 Å². The molecule has 2 aliphatic rings. The predicted octanol–water partition coefficient (Wildman–Crippen LogP) is 2.96. The monoisotopic (exact) mass is 390 g/mol. The van der Waals surface area contributed by atoms with Crippen molar-refractivity contribution in [3.8, 4) is 0 Å². The summed E-state index contributed by atoms with van der Waals surface area (Å²) in [7, 11) is 0. The Hall–Kier alpha value is -0.330. The van der Waals surface area contributed by atoms with Gasteiger partial charge >= 0.3 is 0 Å². The average Bonchev–Trinajstić information content (AvgIpc) is 2.72. The van der Waals surface area contributed by atoms with Gasteiger partial charge in [-0.25, -0.2) is 0 Å². The second kappa shape index (κ2) is 5.58. The van der Waals surface area contributed by atoms with Gasteiger partial charge in [0.25, 0.3) is 5.91 Å². The summed E-state index contributed by atoms with van der Waals surface area (Å²) in [6.07, 6.45) is 4.59. The molecule has 0 spiro atoms. The van der Waals surface area contributed by atoms with Crippen molar-refractivity contribution in [2.45, 2.75) is 43.8 Å². The second-order valence-corrected chi connectivity index (χ2v) is 6.98. The van der Waals surface area contributed by atoms with Crippen molar-refractivity contribution in [1.29, 1.82) is 0 Å². The van der Waals surface area contributed by atoms with Gasteiger partial charge in [-0.1, -0.05) is 11.6 Å². The summed E-state index contributed by atoms with van der Waals surface area (Å²) in [5, 5.41) is 7.43. The molecule has 2 heterocycles. The largest absolute Gasteiger partial charge is 0.349 e. The predicted molar refractivity (Wildman–Crippen MR) is 84.6 cm³/mol. The van der Waals surface area contributed by atoms with Crippen LogP contribution in [0.2, 0.25) is 5.02 Å². The maximum atomic E-state index is 12.2. The first kappa shape index (κ1) is 13.6. The number of rotatable bonds is 2. The van der Waals surface area contributed by atoms with E-state index in [-0.39, 0.29) is 5.91 Å². The summed E-state index contributed by atoms with van der Waals surface area (Å²) < 4.78 is 0.914. The third-order valence-electron chi connectivity index (χ3n) is 3.99. The molecule has 0 radical (unpaired) electrons. The Morgan fingerprint density at radius 3 is 2.63 bits per heavy atom. The quantitative estimate of drug-likeness (QED) is 0.762. The Labute approximate surface area is 131 Å². The van der Waals surface area contributed by atoms with E-state index in [1.807, 2.05) is 6.07 Å². The molecule has 102 valence electrons. The molecule has 0 aromatic heterocycles. The van der Waals surface area contributed by atoms with E-state index in [0.717, 1.165) is 16.4 Å². The van der Waals surface area contributed by atoms with E-state index in [1.165, 1.54) is 12.8 Å². The SMILES string of the molecule is O=C(NC1CC2CCC(C1)N2)c1ccc(Cl)c(I)c1. The highest BCUT2D eigenvalue weighted by Crippen LogP contribution is 2.27. The summed E-state index contributed by atoms with van der Waals surface area (Å²) >= 11 is 8.12. The van der Waals surface area contributed by atoms with E-state index in [1.54, 1.807) is 12.1 Å². The van der Waals surface area contributed by atoms with E-state index in [0.29, 0.717) is 28.7 Å². The van der Waals surface area contributed by atoms with Crippen LogP contribution >= 0.6 is 34.2 Å². The second-order valence-electron chi connectivity index (χ2n) is 5.41. The summed E-state index contributed by atoms with van der Waals surface area (Å²) in [5.74, 6) is 0.0147. The van der Waals surface area contributed by atoms with Crippen molar-refractivity contribution in [3.05, 3.63) is 32.4 Å². The van der Waals surface area contributed by atoms with Crippen LogP contribution in [0.5, 0.6) is 0 Å². The highest BCUT2D eigenvalue weighted by atomic mass is 127. The molecule has 2 atom stereocenters. The molecule has 0 aliphatic carbocycles. The number of carbonyl (C=O) groups is 1. The lowest BCUT2D eigenvalue weighted by Crippen LogP contribution is -2.48. The molecule has 2 bridgehead atoms. The van der Waals surface area contributed by atoms with Crippen LogP contribution in [-0.4, -0.2) is 24.0 Å². The van der Waals surface area contributed by atoms with Gasteiger partial charge in [0.15, 0.2) is 0 Å². The lowest BCUT2D eigenvalue weighted by molar-refractivity contribution is 0.0924. The molecular formula is C14H16ClIN2O. The van der Waals surface area contributed by atoms with Gasteiger partial charge in [0.05, 0.1) is 5.02 Å². The first-order valence-electron chi connectivity index (χ1n) is 6.64. The van der Waals surface area contributed by atoms with E-state index < -0.39 is 0 Å². The molecule has 2 N–H and O–H groups in total. The Morgan fingerprint density at radius 2 is 2.00 bits per heavy atom. The molecule has 5 heteroatoms. The summed E-state index contributed by atoms with van der Waals surface area (Å²) in [6, 6.07) is 6.90. The van der Waals surface area contributed by atoms with Crippen molar-refractivity contribution >= 4 is 40.1 Å². The van der Waals surface area contributed by atoms with Crippen molar-refractivity contribution < 1.29 is 4.79 Å². The number of hydrogen-bond donors (Lipinski definition) is 2. The van der Waals surface area contributed by atoms with Gasteiger partial charge < -0.3 is 10.6 Å². The lowest BCUT2D eigenvalue weighted by atomic mass is 9.99. The standard InChI is InChI=1S/C14H16ClIN2O/c15-12-4-1-8(5-13(12)16)14(19)18-11-6-9-2-3-10(7-11)17-9/h1,4-5,9-11,17H,2-3,6-7H2,(H,18,19). The van der Waals surface area contributed by atoms with Crippen LogP contribution in [0.15, 0.2) is 18.2 Å². The highest BCUT2D eigenvalue weighted by Gasteiger charge is 2.34. The van der Waals surface area contributed by atoms with E-state index in [2.05, 4.69) is 33.2 Å². The summed E-state index contributed by atoms with van der Waals surface area (Å²) in [4.78, 5) is 12.2. The lowest BCUT2D eigenvalue weighted by Gasteiger charge is -2.29. The Bertz CT molecular complexity index is 496. The van der Waals surface area contributed by atoms with E-state index >= 15 is 0 Å². The van der Waals surface area contributed by atoms with Crippen LogP contribution in [0, 0.1) is 3.57 Å². The molecule has 19 heavy (non-hydrogen) atoms. The topological polar surface area (TPSA) is 41.1 Å². The van der Waals surface area contributed by atoms with Crippen molar-refractivity contribution in [2.24, 2.45) is 0 Å². The molecule has 1 amide bonds. The fraction of sp³-hybridized carbons (Fsp3) is 0.500. The zero-order valence-corrected chi connectivity index (χ0v) is 13.4. The van der Waals surface area contributed by atoms with Gasteiger partial charge in [0, 0.05) is 27.3 Å². The summed E-state index contributed by atoms with van der Waals surface area (Å²) in [5.41, 5.74) is 0.694. The van der Waals surface area contributed by atoms with Crippen LogP contribution in [0.4, 0.5) is 0 Å². The number of carbonyl (C=O) groups excluding carboxylic acids is 1. The van der Waals surface area contributed by atoms with Crippen molar-refractivity contribution in [2.75, 3.05) is 0 Å². The van der Waals surface area contributed by atoms with Gasteiger partial charge in [-0.15, -0.1) is 0 Å². The smallest absolute Gasteiger partial charge is 0.251 e. The number of hydrogen-bond acceptors (Lipinski definition) is 2. The minimum atomic E-state index is 0.0147.